The third kappa shape index (κ3) is 4.23. The summed E-state index contributed by atoms with van der Waals surface area (Å²) < 4.78 is 2.44. The highest BCUT2D eigenvalue weighted by molar-refractivity contribution is 6.13. The Bertz CT molecular complexity index is 1970. The van der Waals surface area contributed by atoms with Gasteiger partial charge in [-0.05, 0) is 97.1 Å². The molecule has 0 fully saturated rings. The molecule has 0 bridgehead atoms. The normalized spacial score (nSPS) is 12.6. The minimum Gasteiger partial charge on any atom is -0.309 e. The van der Waals surface area contributed by atoms with Gasteiger partial charge in [-0.1, -0.05) is 114 Å². The first-order valence-corrected chi connectivity index (χ1v) is 14.7. The maximum atomic E-state index is 2.44. The van der Waals surface area contributed by atoms with Gasteiger partial charge in [-0.15, -0.1) is 0 Å². The van der Waals surface area contributed by atoms with Gasteiger partial charge in [0.05, 0.1) is 11.0 Å². The fraction of sp³-hybridized carbons (Fsp3) is 0.200. The molecule has 1 heteroatoms. The van der Waals surface area contributed by atoms with E-state index >= 15 is 0 Å². The van der Waals surface area contributed by atoms with Gasteiger partial charge < -0.3 is 4.57 Å². The molecule has 7 rings (SSSR count). The van der Waals surface area contributed by atoms with Gasteiger partial charge >= 0.3 is 0 Å². The van der Waals surface area contributed by atoms with E-state index in [0.717, 1.165) is 0 Å². The third-order valence-corrected chi connectivity index (χ3v) is 8.68. The lowest BCUT2D eigenvalue weighted by Gasteiger charge is -2.19. The number of aromatic nitrogens is 1. The van der Waals surface area contributed by atoms with Gasteiger partial charge in [0.25, 0.3) is 0 Å². The second-order valence-corrected chi connectivity index (χ2v) is 13.5. The second kappa shape index (κ2) is 9.08. The predicted octanol–water partition coefficient (Wildman–Crippen LogP) is 11.4. The Morgan fingerprint density at radius 2 is 0.902 bits per heavy atom. The summed E-state index contributed by atoms with van der Waals surface area (Å²) in [5, 5.41) is 7.78. The van der Waals surface area contributed by atoms with Crippen LogP contribution in [-0.2, 0) is 10.8 Å². The summed E-state index contributed by atoms with van der Waals surface area (Å²) in [6.45, 7) is 13.8. The first kappa shape index (κ1) is 25.6. The number of nitrogens with zero attached hydrogens (tertiary/aromatic N) is 1. The summed E-state index contributed by atoms with van der Waals surface area (Å²) in [7, 11) is 0. The van der Waals surface area contributed by atoms with Gasteiger partial charge in [-0.25, -0.2) is 0 Å². The minimum absolute atomic E-state index is 0.0904. The highest BCUT2D eigenvalue weighted by atomic mass is 15.0. The van der Waals surface area contributed by atoms with Gasteiger partial charge in [0.2, 0.25) is 0 Å². The summed E-state index contributed by atoms with van der Waals surface area (Å²) in [6, 6.07) is 43.0. The Morgan fingerprint density at radius 3 is 1.37 bits per heavy atom. The van der Waals surface area contributed by atoms with Crippen molar-refractivity contribution < 1.29 is 0 Å². The van der Waals surface area contributed by atoms with Crippen molar-refractivity contribution in [2.45, 2.75) is 52.4 Å². The highest BCUT2D eigenvalue weighted by Crippen LogP contribution is 2.40. The van der Waals surface area contributed by atoms with Gasteiger partial charge in [0, 0.05) is 16.5 Å². The molecule has 0 aliphatic rings. The Hall–Kier alpha value is -4.36. The lowest BCUT2D eigenvalue weighted by Crippen LogP contribution is -2.10. The van der Waals surface area contributed by atoms with E-state index in [4.69, 9.17) is 0 Å². The van der Waals surface area contributed by atoms with Crippen molar-refractivity contribution in [2.75, 3.05) is 0 Å². The van der Waals surface area contributed by atoms with Crippen LogP contribution in [0.25, 0.3) is 60.2 Å². The van der Waals surface area contributed by atoms with Crippen LogP contribution < -0.4 is 0 Å². The van der Waals surface area contributed by atoms with Gasteiger partial charge in [0.15, 0.2) is 0 Å². The van der Waals surface area contributed by atoms with E-state index < -0.39 is 0 Å². The monoisotopic (exact) mass is 531 g/mol. The zero-order chi connectivity index (χ0) is 28.5. The standard InChI is InChI=1S/C40H37N/c1-39(2,3)29-17-21-36-34(24-29)35-25-30(40(4,5)6)18-22-37(35)41(36)31-19-15-26(16-20-31)38-32-13-9-7-11-27(32)23-28-12-8-10-14-33(28)38/h7-25H,1-6H3. The van der Waals surface area contributed by atoms with Crippen molar-refractivity contribution in [3.8, 4) is 16.8 Å². The van der Waals surface area contributed by atoms with Crippen LogP contribution in [0.1, 0.15) is 52.7 Å². The maximum Gasteiger partial charge on any atom is 0.0541 e. The molecule has 0 radical (unpaired) electrons. The molecule has 1 aromatic heterocycles. The number of fused-ring (bicyclic) bond motifs is 5. The molecule has 1 heterocycles. The van der Waals surface area contributed by atoms with Crippen LogP contribution in [0.2, 0.25) is 0 Å². The molecule has 41 heavy (non-hydrogen) atoms. The van der Waals surface area contributed by atoms with E-state index in [1.54, 1.807) is 0 Å². The van der Waals surface area contributed by atoms with Crippen molar-refractivity contribution in [1.82, 2.24) is 4.57 Å². The van der Waals surface area contributed by atoms with E-state index in [0.29, 0.717) is 0 Å². The molecule has 0 aliphatic heterocycles. The largest absolute Gasteiger partial charge is 0.309 e. The van der Waals surface area contributed by atoms with Crippen LogP contribution in [-0.4, -0.2) is 4.57 Å². The van der Waals surface area contributed by atoms with Crippen molar-refractivity contribution in [3.63, 3.8) is 0 Å². The number of benzene rings is 6. The maximum absolute atomic E-state index is 2.44. The average molecular weight is 532 g/mol. The Balaban J connectivity index is 1.46. The highest BCUT2D eigenvalue weighted by Gasteiger charge is 2.21. The van der Waals surface area contributed by atoms with E-state index in [9.17, 15) is 0 Å². The van der Waals surface area contributed by atoms with Gasteiger partial charge in [-0.2, -0.15) is 0 Å². The molecule has 0 unspecified atom stereocenters. The molecular formula is C40H37N. The van der Waals surface area contributed by atoms with Crippen LogP contribution in [0.5, 0.6) is 0 Å². The fourth-order valence-electron chi connectivity index (χ4n) is 6.34. The molecule has 0 saturated carbocycles. The Kier molecular flexibility index (Phi) is 5.67. The summed E-state index contributed by atoms with van der Waals surface area (Å²) in [5.41, 5.74) is 9.15. The topological polar surface area (TPSA) is 4.93 Å². The van der Waals surface area contributed by atoms with E-state index in [2.05, 4.69) is 161 Å². The quantitative estimate of drug-likeness (QED) is 0.196. The molecule has 0 atom stereocenters. The summed E-state index contributed by atoms with van der Waals surface area (Å²) in [5.74, 6) is 0. The Labute approximate surface area is 243 Å². The van der Waals surface area contributed by atoms with Crippen LogP contribution in [0, 0.1) is 0 Å². The lowest BCUT2D eigenvalue weighted by molar-refractivity contribution is 0.590. The first-order chi connectivity index (χ1) is 19.6. The van der Waals surface area contributed by atoms with Crippen LogP contribution in [0.15, 0.2) is 115 Å². The number of hydrogen-bond acceptors (Lipinski definition) is 0. The average Bonchev–Trinajstić information content (AvgIpc) is 3.28. The first-order valence-electron chi connectivity index (χ1n) is 14.7. The van der Waals surface area contributed by atoms with Crippen molar-refractivity contribution in [3.05, 3.63) is 126 Å². The van der Waals surface area contributed by atoms with Gasteiger partial charge in [-0.3, -0.25) is 0 Å². The van der Waals surface area contributed by atoms with Crippen molar-refractivity contribution in [2.24, 2.45) is 0 Å². The molecule has 0 saturated heterocycles. The SMILES string of the molecule is CC(C)(C)c1ccc2c(c1)c1cc(C(C)(C)C)ccc1n2-c1ccc(-c2c3ccccc3cc3ccccc23)cc1. The minimum atomic E-state index is 0.0904. The van der Waals surface area contributed by atoms with E-state index in [1.165, 1.54) is 71.3 Å². The van der Waals surface area contributed by atoms with Crippen LogP contribution >= 0.6 is 0 Å². The number of rotatable bonds is 2. The molecule has 202 valence electrons. The van der Waals surface area contributed by atoms with Crippen molar-refractivity contribution in [1.29, 1.82) is 0 Å². The molecule has 6 aromatic carbocycles. The summed E-state index contributed by atoms with van der Waals surface area (Å²) in [4.78, 5) is 0. The summed E-state index contributed by atoms with van der Waals surface area (Å²) >= 11 is 0. The molecule has 0 spiro atoms. The molecule has 7 aromatic rings. The van der Waals surface area contributed by atoms with Crippen LogP contribution in [0.4, 0.5) is 0 Å². The predicted molar refractivity (Wildman–Crippen MR) is 179 cm³/mol. The molecule has 0 aliphatic carbocycles. The number of hydrogen-bond donors (Lipinski definition) is 0. The molecular weight excluding hydrogens is 494 g/mol. The van der Waals surface area contributed by atoms with Crippen molar-refractivity contribution >= 4 is 43.4 Å². The smallest absolute Gasteiger partial charge is 0.0541 e. The molecule has 0 N–H and O–H groups in total. The molecule has 0 amide bonds. The van der Waals surface area contributed by atoms with Crippen LogP contribution in [0.3, 0.4) is 0 Å². The van der Waals surface area contributed by atoms with E-state index in [1.807, 2.05) is 0 Å². The van der Waals surface area contributed by atoms with Gasteiger partial charge in [0.1, 0.15) is 0 Å². The fourth-order valence-corrected chi connectivity index (χ4v) is 6.34. The second-order valence-electron chi connectivity index (χ2n) is 13.5. The zero-order valence-corrected chi connectivity index (χ0v) is 24.9. The Morgan fingerprint density at radius 1 is 0.439 bits per heavy atom. The van der Waals surface area contributed by atoms with E-state index in [-0.39, 0.29) is 10.8 Å². The lowest BCUT2D eigenvalue weighted by atomic mass is 9.85. The third-order valence-electron chi connectivity index (χ3n) is 8.68. The zero-order valence-electron chi connectivity index (χ0n) is 24.9. The summed E-state index contributed by atoms with van der Waals surface area (Å²) in [6.07, 6.45) is 0. The molecule has 1 nitrogen and oxygen atoms in total.